The largest absolute Gasteiger partial charge is 0.756 e. The summed E-state index contributed by atoms with van der Waals surface area (Å²) in [4.78, 5) is 37.4. The number of likely N-dealkylation sites (N-methyl/N-ethyl adjacent to an activating group) is 1. The van der Waals surface area contributed by atoms with Crippen molar-refractivity contribution in [3.8, 4) is 0 Å². The summed E-state index contributed by atoms with van der Waals surface area (Å²) in [5, 5.41) is 10.0. The van der Waals surface area contributed by atoms with Crippen LogP contribution in [0, 0.1) is 0 Å². The molecule has 0 aliphatic rings. The van der Waals surface area contributed by atoms with Gasteiger partial charge in [0, 0.05) is 12.8 Å². The van der Waals surface area contributed by atoms with Gasteiger partial charge in [0.2, 0.25) is 0 Å². The second-order valence-electron chi connectivity index (χ2n) is 14.9. The summed E-state index contributed by atoms with van der Waals surface area (Å²) < 4.78 is 33.7. The lowest BCUT2D eigenvalue weighted by molar-refractivity contribution is -0.870. The molecule has 0 aliphatic carbocycles. The molecular formula is C42H76NO9P. The highest BCUT2D eigenvalue weighted by Crippen LogP contribution is 2.38. The first kappa shape index (κ1) is 50.9. The number of aliphatic hydroxyl groups excluding tert-OH is 1. The van der Waals surface area contributed by atoms with E-state index in [4.69, 9.17) is 18.5 Å². The third kappa shape index (κ3) is 38.0. The molecule has 10 nitrogen and oxygen atoms in total. The second-order valence-corrected chi connectivity index (χ2v) is 16.3. The predicted molar refractivity (Wildman–Crippen MR) is 214 cm³/mol. The molecular weight excluding hydrogens is 693 g/mol. The molecule has 0 saturated carbocycles. The zero-order valence-corrected chi connectivity index (χ0v) is 35.0. The van der Waals surface area contributed by atoms with Crippen molar-refractivity contribution in [2.24, 2.45) is 0 Å². The maximum absolute atomic E-state index is 12.6. The van der Waals surface area contributed by atoms with Gasteiger partial charge in [-0.15, -0.1) is 0 Å². The van der Waals surface area contributed by atoms with Gasteiger partial charge in [0.1, 0.15) is 19.8 Å². The van der Waals surface area contributed by atoms with Crippen LogP contribution in [0.5, 0.6) is 0 Å². The Bertz CT molecular complexity index is 1070. The number of hydrogen-bond donors (Lipinski definition) is 1. The maximum Gasteiger partial charge on any atom is 0.306 e. The van der Waals surface area contributed by atoms with Gasteiger partial charge < -0.3 is 33.0 Å². The number of unbranched alkanes of at least 4 members (excludes halogenated alkanes) is 14. The van der Waals surface area contributed by atoms with E-state index in [1.807, 2.05) is 57.6 Å². The lowest BCUT2D eigenvalue weighted by Crippen LogP contribution is -2.37. The Morgan fingerprint density at radius 1 is 0.698 bits per heavy atom. The monoisotopic (exact) mass is 770 g/mol. The van der Waals surface area contributed by atoms with Crippen LogP contribution in [0.15, 0.2) is 48.6 Å². The Kier molecular flexibility index (Phi) is 33.1. The van der Waals surface area contributed by atoms with Gasteiger partial charge in [-0.05, 0) is 44.9 Å². The molecule has 11 heteroatoms. The molecule has 0 heterocycles. The van der Waals surface area contributed by atoms with Gasteiger partial charge in [0.25, 0.3) is 7.82 Å². The molecule has 0 aromatic rings. The zero-order chi connectivity index (χ0) is 39.5. The Morgan fingerprint density at radius 3 is 1.94 bits per heavy atom. The first-order valence-electron chi connectivity index (χ1n) is 20.5. The summed E-state index contributed by atoms with van der Waals surface area (Å²) >= 11 is 0. The van der Waals surface area contributed by atoms with E-state index in [9.17, 15) is 24.2 Å². The lowest BCUT2D eigenvalue weighted by Gasteiger charge is -2.28. The first-order chi connectivity index (χ1) is 25.4. The summed E-state index contributed by atoms with van der Waals surface area (Å²) in [7, 11) is 1.10. The molecule has 0 fully saturated rings. The molecule has 0 radical (unpaired) electrons. The van der Waals surface area contributed by atoms with Gasteiger partial charge in [-0.2, -0.15) is 0 Å². The van der Waals surface area contributed by atoms with Gasteiger partial charge in [0.05, 0.1) is 33.9 Å². The molecule has 0 amide bonds. The van der Waals surface area contributed by atoms with Crippen molar-refractivity contribution in [1.82, 2.24) is 0 Å². The van der Waals surface area contributed by atoms with E-state index in [1.54, 1.807) is 6.08 Å². The summed E-state index contributed by atoms with van der Waals surface area (Å²) in [5.74, 6) is -0.942. The number of ether oxygens (including phenoxy) is 2. The Labute approximate surface area is 323 Å². The van der Waals surface area contributed by atoms with Crippen LogP contribution >= 0.6 is 7.82 Å². The number of nitrogens with zero attached hydrogens (tertiary/aromatic N) is 1. The number of phosphoric acid groups is 1. The van der Waals surface area contributed by atoms with E-state index < -0.39 is 38.6 Å². The molecule has 53 heavy (non-hydrogen) atoms. The average molecular weight is 770 g/mol. The number of quaternary nitrogens is 1. The fourth-order valence-electron chi connectivity index (χ4n) is 5.14. The third-order valence-electron chi connectivity index (χ3n) is 8.43. The third-order valence-corrected chi connectivity index (χ3v) is 9.40. The normalized spacial score (nSPS) is 14.8. The molecule has 0 spiro atoms. The first-order valence-corrected chi connectivity index (χ1v) is 21.9. The van der Waals surface area contributed by atoms with E-state index in [0.717, 1.165) is 32.1 Å². The summed E-state index contributed by atoms with van der Waals surface area (Å²) in [6.45, 7) is 4.01. The van der Waals surface area contributed by atoms with Crippen LogP contribution in [0.3, 0.4) is 0 Å². The highest BCUT2D eigenvalue weighted by Gasteiger charge is 2.21. The molecule has 0 rings (SSSR count). The highest BCUT2D eigenvalue weighted by molar-refractivity contribution is 7.45. The van der Waals surface area contributed by atoms with Crippen molar-refractivity contribution in [2.45, 2.75) is 161 Å². The molecule has 0 aliphatic heterocycles. The Morgan fingerprint density at radius 2 is 1.28 bits per heavy atom. The number of esters is 2. The van der Waals surface area contributed by atoms with Crippen LogP contribution in [-0.2, 0) is 32.7 Å². The van der Waals surface area contributed by atoms with Crippen molar-refractivity contribution in [1.29, 1.82) is 0 Å². The quantitative estimate of drug-likeness (QED) is 0.0165. The van der Waals surface area contributed by atoms with Gasteiger partial charge in [-0.1, -0.05) is 140 Å². The standard InChI is InChI=1S/C42H76NO9P/c1-6-8-10-12-14-15-16-17-22-26-30-34-42(46)52-40(38-51-53(47,48)50-36-35-43(3,4)5)37-49-41(45)33-29-25-21-19-18-20-24-28-32-39(44)31-27-23-13-11-9-7-2/h19-21,23-24,27-28,32,39-40,44H,6-18,22,25-26,29-31,33-38H2,1-5H3/b21-19-,24-20-,27-23-,32-28+/t39-,40-/m1/s1. The van der Waals surface area contributed by atoms with Crippen molar-refractivity contribution >= 4 is 19.8 Å². The zero-order valence-electron chi connectivity index (χ0n) is 34.1. The summed E-state index contributed by atoms with van der Waals surface area (Å²) in [5.41, 5.74) is 0. The van der Waals surface area contributed by atoms with Crippen LogP contribution < -0.4 is 4.89 Å². The topological polar surface area (TPSA) is 131 Å². The summed E-state index contributed by atoms with van der Waals surface area (Å²) in [6, 6.07) is 0. The maximum atomic E-state index is 12.6. The average Bonchev–Trinajstić information content (AvgIpc) is 3.10. The van der Waals surface area contributed by atoms with Crippen molar-refractivity contribution < 1.29 is 47.2 Å². The summed E-state index contributed by atoms with van der Waals surface area (Å²) in [6.07, 6.45) is 34.6. The molecule has 0 saturated heterocycles. The van der Waals surface area contributed by atoms with E-state index in [0.29, 0.717) is 36.7 Å². The lowest BCUT2D eigenvalue weighted by atomic mass is 10.1. The molecule has 308 valence electrons. The molecule has 0 aromatic heterocycles. The van der Waals surface area contributed by atoms with E-state index in [-0.39, 0.29) is 26.1 Å². The molecule has 0 aromatic carbocycles. The number of carbonyl (C=O) groups is 2. The van der Waals surface area contributed by atoms with Crippen LogP contribution in [-0.4, -0.2) is 81.2 Å². The predicted octanol–water partition coefficient (Wildman–Crippen LogP) is 9.47. The van der Waals surface area contributed by atoms with Crippen LogP contribution in [0.4, 0.5) is 0 Å². The van der Waals surface area contributed by atoms with E-state index in [1.165, 1.54) is 64.2 Å². The van der Waals surface area contributed by atoms with Crippen molar-refractivity contribution in [3.63, 3.8) is 0 Å². The van der Waals surface area contributed by atoms with Gasteiger partial charge in [-0.3, -0.25) is 14.2 Å². The van der Waals surface area contributed by atoms with Crippen LogP contribution in [0.2, 0.25) is 0 Å². The minimum absolute atomic E-state index is 0.0497. The van der Waals surface area contributed by atoms with Gasteiger partial charge in [0.15, 0.2) is 6.10 Å². The number of hydrogen-bond acceptors (Lipinski definition) is 9. The number of allylic oxidation sites excluding steroid dienone is 6. The Hall–Kier alpha value is -2.07. The molecule has 1 unspecified atom stereocenters. The minimum atomic E-state index is -4.64. The number of phosphoric ester groups is 1. The van der Waals surface area contributed by atoms with Crippen molar-refractivity contribution in [3.05, 3.63) is 48.6 Å². The molecule has 3 atom stereocenters. The number of rotatable bonds is 36. The van der Waals surface area contributed by atoms with Crippen LogP contribution in [0.1, 0.15) is 149 Å². The fourth-order valence-corrected chi connectivity index (χ4v) is 5.87. The smallest absolute Gasteiger partial charge is 0.306 e. The van der Waals surface area contributed by atoms with Gasteiger partial charge >= 0.3 is 11.9 Å². The number of carbonyl (C=O) groups excluding carboxylic acids is 2. The highest BCUT2D eigenvalue weighted by atomic mass is 31.2. The van der Waals surface area contributed by atoms with Crippen LogP contribution in [0.25, 0.3) is 0 Å². The molecule has 0 bridgehead atoms. The SMILES string of the molecule is CCCCC/C=C\C[C@@H](O)/C=C/C=C\C/C=C\CCCC(=O)OC[C@H](COP(=O)([O-])OCC[N+](C)(C)C)OC(=O)CCCCCCCCCCCCC. The van der Waals surface area contributed by atoms with E-state index in [2.05, 4.69) is 19.9 Å². The van der Waals surface area contributed by atoms with Crippen molar-refractivity contribution in [2.75, 3.05) is 47.5 Å². The number of aliphatic hydroxyl groups is 1. The fraction of sp³-hybridized carbons (Fsp3) is 0.762. The molecule has 1 N–H and O–H groups in total. The van der Waals surface area contributed by atoms with E-state index >= 15 is 0 Å². The van der Waals surface area contributed by atoms with Gasteiger partial charge in [-0.25, -0.2) is 0 Å². The second kappa shape index (κ2) is 34.4. The minimum Gasteiger partial charge on any atom is -0.756 e. The Balaban J connectivity index is 4.55.